The Bertz CT molecular complexity index is 751. The van der Waals surface area contributed by atoms with Gasteiger partial charge in [-0.1, -0.05) is 60.1 Å². The monoisotopic (exact) mass is 310 g/mol. The average molecular weight is 311 g/mol. The molecule has 22 heavy (non-hydrogen) atoms. The summed E-state index contributed by atoms with van der Waals surface area (Å²) in [4.78, 5) is 16.3. The molecule has 0 saturated heterocycles. The van der Waals surface area contributed by atoms with E-state index in [1.165, 1.54) is 0 Å². The van der Waals surface area contributed by atoms with Gasteiger partial charge in [0, 0.05) is 11.4 Å². The van der Waals surface area contributed by atoms with Gasteiger partial charge in [-0.3, -0.25) is 4.79 Å². The molecule has 0 unspecified atom stereocenters. The van der Waals surface area contributed by atoms with Crippen molar-refractivity contribution in [3.05, 3.63) is 76.4 Å². The molecule has 0 aromatic heterocycles. The Balaban J connectivity index is 1.71. The summed E-state index contributed by atoms with van der Waals surface area (Å²) in [6.07, 6.45) is 3.19. The van der Waals surface area contributed by atoms with Gasteiger partial charge in [0.25, 0.3) is 5.91 Å². The SMILES string of the molecule is O=C1NC(CCc2ccccc2Cl)=N/C1=C/c1ccccc1. The van der Waals surface area contributed by atoms with Crippen molar-refractivity contribution in [1.29, 1.82) is 0 Å². The summed E-state index contributed by atoms with van der Waals surface area (Å²) < 4.78 is 0. The topological polar surface area (TPSA) is 41.5 Å². The summed E-state index contributed by atoms with van der Waals surface area (Å²) >= 11 is 6.14. The van der Waals surface area contributed by atoms with E-state index < -0.39 is 0 Å². The van der Waals surface area contributed by atoms with E-state index in [-0.39, 0.29) is 5.91 Å². The normalized spacial score (nSPS) is 15.8. The van der Waals surface area contributed by atoms with Crippen LogP contribution < -0.4 is 5.32 Å². The van der Waals surface area contributed by atoms with Gasteiger partial charge in [0.15, 0.2) is 0 Å². The van der Waals surface area contributed by atoms with E-state index >= 15 is 0 Å². The summed E-state index contributed by atoms with van der Waals surface area (Å²) in [6, 6.07) is 17.4. The molecule has 0 aliphatic carbocycles. The molecule has 1 heterocycles. The number of carbonyl (C=O) groups excluding carboxylic acids is 1. The van der Waals surface area contributed by atoms with Crippen LogP contribution >= 0.6 is 11.6 Å². The zero-order chi connectivity index (χ0) is 15.4. The average Bonchev–Trinajstić information content (AvgIpc) is 2.88. The number of rotatable bonds is 4. The Kier molecular flexibility index (Phi) is 4.35. The molecule has 0 saturated carbocycles. The third-order valence-corrected chi connectivity index (χ3v) is 3.81. The molecule has 1 aliphatic heterocycles. The Hall–Kier alpha value is -2.39. The maximum Gasteiger partial charge on any atom is 0.275 e. The van der Waals surface area contributed by atoms with Gasteiger partial charge in [-0.25, -0.2) is 4.99 Å². The number of nitrogens with one attached hydrogen (secondary N) is 1. The lowest BCUT2D eigenvalue weighted by molar-refractivity contribution is -0.115. The number of aryl methyl sites for hydroxylation is 1. The zero-order valence-electron chi connectivity index (χ0n) is 11.9. The second-order valence-electron chi connectivity index (χ2n) is 5.04. The van der Waals surface area contributed by atoms with E-state index in [1.54, 1.807) is 6.08 Å². The standard InChI is InChI=1S/C18H15ClN2O/c19-15-9-5-4-8-14(15)10-11-17-20-16(18(22)21-17)12-13-6-2-1-3-7-13/h1-9,12H,10-11H2,(H,20,21,22)/b16-12+. The number of amides is 1. The van der Waals surface area contributed by atoms with Gasteiger partial charge in [0.2, 0.25) is 0 Å². The molecule has 0 fully saturated rings. The molecule has 0 atom stereocenters. The first-order valence-corrected chi connectivity index (χ1v) is 7.49. The molecule has 0 bridgehead atoms. The van der Waals surface area contributed by atoms with Crippen LogP contribution in [0.5, 0.6) is 0 Å². The van der Waals surface area contributed by atoms with Gasteiger partial charge in [-0.2, -0.15) is 0 Å². The van der Waals surface area contributed by atoms with E-state index in [0.29, 0.717) is 18.0 Å². The summed E-state index contributed by atoms with van der Waals surface area (Å²) in [5.74, 6) is 0.533. The van der Waals surface area contributed by atoms with Gasteiger partial charge in [0.05, 0.1) is 0 Å². The third-order valence-electron chi connectivity index (χ3n) is 3.44. The van der Waals surface area contributed by atoms with Crippen molar-refractivity contribution in [3.63, 3.8) is 0 Å². The minimum atomic E-state index is -0.155. The molecule has 1 aliphatic rings. The van der Waals surface area contributed by atoms with E-state index in [1.807, 2.05) is 54.6 Å². The Morgan fingerprint density at radius 2 is 1.73 bits per heavy atom. The zero-order valence-corrected chi connectivity index (χ0v) is 12.7. The summed E-state index contributed by atoms with van der Waals surface area (Å²) in [7, 11) is 0. The van der Waals surface area contributed by atoms with Crippen molar-refractivity contribution in [2.24, 2.45) is 4.99 Å². The Morgan fingerprint density at radius 1 is 1.00 bits per heavy atom. The van der Waals surface area contributed by atoms with Crippen molar-refractivity contribution in [2.75, 3.05) is 0 Å². The molecule has 1 amide bonds. The highest BCUT2D eigenvalue weighted by molar-refractivity contribution is 6.31. The van der Waals surface area contributed by atoms with Gasteiger partial charge >= 0.3 is 0 Å². The van der Waals surface area contributed by atoms with Crippen LogP contribution in [0.2, 0.25) is 5.02 Å². The van der Waals surface area contributed by atoms with Crippen LogP contribution in [0.25, 0.3) is 6.08 Å². The molecule has 4 heteroatoms. The molecule has 110 valence electrons. The predicted molar refractivity (Wildman–Crippen MR) is 89.8 cm³/mol. The third kappa shape index (κ3) is 3.43. The lowest BCUT2D eigenvalue weighted by Crippen LogP contribution is -2.24. The molecular weight excluding hydrogens is 296 g/mol. The van der Waals surface area contributed by atoms with Crippen LogP contribution in [0.4, 0.5) is 0 Å². The Morgan fingerprint density at radius 3 is 2.50 bits per heavy atom. The highest BCUT2D eigenvalue weighted by Crippen LogP contribution is 2.18. The minimum Gasteiger partial charge on any atom is -0.309 e. The summed E-state index contributed by atoms with van der Waals surface area (Å²) in [5, 5.41) is 3.56. The van der Waals surface area contributed by atoms with Crippen molar-refractivity contribution in [3.8, 4) is 0 Å². The van der Waals surface area contributed by atoms with Crippen LogP contribution in [0, 0.1) is 0 Å². The molecule has 0 radical (unpaired) electrons. The fourth-order valence-electron chi connectivity index (χ4n) is 2.30. The fraction of sp³-hybridized carbons (Fsp3) is 0.111. The highest BCUT2D eigenvalue weighted by atomic mass is 35.5. The molecule has 0 spiro atoms. The van der Waals surface area contributed by atoms with E-state index in [2.05, 4.69) is 10.3 Å². The van der Waals surface area contributed by atoms with Crippen LogP contribution in [-0.2, 0) is 11.2 Å². The van der Waals surface area contributed by atoms with Gasteiger partial charge < -0.3 is 5.32 Å². The number of hydrogen-bond acceptors (Lipinski definition) is 2. The predicted octanol–water partition coefficient (Wildman–Crippen LogP) is 3.84. The maximum absolute atomic E-state index is 11.9. The fourth-order valence-corrected chi connectivity index (χ4v) is 2.53. The van der Waals surface area contributed by atoms with Crippen LogP contribution in [-0.4, -0.2) is 11.7 Å². The van der Waals surface area contributed by atoms with Gasteiger partial charge in [-0.05, 0) is 29.7 Å². The maximum atomic E-state index is 11.9. The minimum absolute atomic E-state index is 0.155. The quantitative estimate of drug-likeness (QED) is 0.856. The second kappa shape index (κ2) is 6.58. The number of halogens is 1. The van der Waals surface area contributed by atoms with Crippen molar-refractivity contribution >= 4 is 29.4 Å². The summed E-state index contributed by atoms with van der Waals surface area (Å²) in [6.45, 7) is 0. The van der Waals surface area contributed by atoms with Gasteiger partial charge in [-0.15, -0.1) is 0 Å². The molecular formula is C18H15ClN2O. The number of amidine groups is 1. The Labute approximate surface area is 134 Å². The van der Waals surface area contributed by atoms with E-state index in [9.17, 15) is 4.79 Å². The molecule has 1 N–H and O–H groups in total. The first-order valence-electron chi connectivity index (χ1n) is 7.11. The highest BCUT2D eigenvalue weighted by Gasteiger charge is 2.19. The number of hydrogen-bond donors (Lipinski definition) is 1. The number of carbonyl (C=O) groups is 1. The smallest absolute Gasteiger partial charge is 0.275 e. The lowest BCUT2D eigenvalue weighted by Gasteiger charge is -2.03. The lowest BCUT2D eigenvalue weighted by atomic mass is 10.1. The van der Waals surface area contributed by atoms with Crippen LogP contribution in [0.15, 0.2) is 65.3 Å². The number of benzene rings is 2. The first kappa shape index (κ1) is 14.5. The number of aliphatic imine (C=N–C) groups is 1. The molecule has 3 rings (SSSR count). The van der Waals surface area contributed by atoms with E-state index in [4.69, 9.17) is 11.6 Å². The number of nitrogens with zero attached hydrogens (tertiary/aromatic N) is 1. The van der Waals surface area contributed by atoms with Crippen molar-refractivity contribution in [1.82, 2.24) is 5.32 Å². The molecule has 3 nitrogen and oxygen atoms in total. The van der Waals surface area contributed by atoms with Gasteiger partial charge in [0.1, 0.15) is 11.5 Å². The molecule has 2 aromatic carbocycles. The second-order valence-corrected chi connectivity index (χ2v) is 5.45. The van der Waals surface area contributed by atoms with Crippen LogP contribution in [0.3, 0.4) is 0 Å². The first-order chi connectivity index (χ1) is 10.7. The largest absolute Gasteiger partial charge is 0.309 e. The summed E-state index contributed by atoms with van der Waals surface area (Å²) in [5.41, 5.74) is 2.46. The van der Waals surface area contributed by atoms with Crippen molar-refractivity contribution < 1.29 is 4.79 Å². The molecule has 2 aromatic rings. The van der Waals surface area contributed by atoms with E-state index in [0.717, 1.165) is 22.6 Å². The van der Waals surface area contributed by atoms with Crippen molar-refractivity contribution in [2.45, 2.75) is 12.8 Å². The van der Waals surface area contributed by atoms with Crippen LogP contribution in [0.1, 0.15) is 17.5 Å².